The van der Waals surface area contributed by atoms with Crippen molar-refractivity contribution in [1.29, 1.82) is 0 Å². The molecule has 0 bridgehead atoms. The molecule has 0 unspecified atom stereocenters. The highest BCUT2D eigenvalue weighted by atomic mass is 32.1. The molecule has 1 fully saturated rings. The van der Waals surface area contributed by atoms with Gasteiger partial charge >= 0.3 is 0 Å². The van der Waals surface area contributed by atoms with E-state index < -0.39 is 0 Å². The zero-order valence-corrected chi connectivity index (χ0v) is 13.5. The number of piperidine rings is 1. The number of carbonyl (C=O) groups excluding carboxylic acids is 1. The fourth-order valence-corrected chi connectivity index (χ4v) is 3.71. The molecule has 2 N–H and O–H groups in total. The lowest BCUT2D eigenvalue weighted by molar-refractivity contribution is 0.0647. The van der Waals surface area contributed by atoms with Crippen molar-refractivity contribution < 1.29 is 4.79 Å². The summed E-state index contributed by atoms with van der Waals surface area (Å²) in [5.74, 6) is 0.115. The van der Waals surface area contributed by atoms with Crippen LogP contribution in [0.1, 0.15) is 40.7 Å². The smallest absolute Gasteiger partial charge is 0.263 e. The maximum Gasteiger partial charge on any atom is 0.263 e. The van der Waals surface area contributed by atoms with Crippen LogP contribution >= 0.6 is 11.3 Å². The minimum atomic E-state index is 0.115. The van der Waals surface area contributed by atoms with Crippen LogP contribution in [0.2, 0.25) is 0 Å². The van der Waals surface area contributed by atoms with Gasteiger partial charge in [-0.2, -0.15) is 0 Å². The Morgan fingerprint density at radius 3 is 2.65 bits per heavy atom. The zero-order valence-electron chi connectivity index (χ0n) is 12.7. The zero-order chi connectivity index (χ0) is 14.7. The summed E-state index contributed by atoms with van der Waals surface area (Å²) in [6, 6.07) is 2.17. The van der Waals surface area contributed by atoms with Gasteiger partial charge in [-0.05, 0) is 38.8 Å². The molecule has 2 heterocycles. The lowest BCUT2D eigenvalue weighted by Gasteiger charge is -2.36. The standard InChI is InChI=1S/C15H25N3OS/c1-4-7-18-8-5-12(6-9-18)17(3)15(19)14-10-13(16)11(2)20-14/h10,12H,4-9,16H2,1-3H3. The first-order valence-electron chi connectivity index (χ1n) is 7.38. The molecule has 0 spiro atoms. The highest BCUT2D eigenvalue weighted by molar-refractivity contribution is 7.14. The van der Waals surface area contributed by atoms with Gasteiger partial charge in [0.1, 0.15) is 0 Å². The Bertz CT molecular complexity index is 444. The summed E-state index contributed by atoms with van der Waals surface area (Å²) in [5.41, 5.74) is 6.57. The third-order valence-electron chi connectivity index (χ3n) is 4.13. The summed E-state index contributed by atoms with van der Waals surface area (Å²) in [4.78, 5) is 18.7. The van der Waals surface area contributed by atoms with E-state index in [9.17, 15) is 4.79 Å². The van der Waals surface area contributed by atoms with Gasteiger partial charge in [0.15, 0.2) is 0 Å². The fraction of sp³-hybridized carbons (Fsp3) is 0.667. The van der Waals surface area contributed by atoms with Crippen molar-refractivity contribution in [1.82, 2.24) is 9.80 Å². The Hall–Kier alpha value is -1.07. The molecule has 1 aliphatic heterocycles. The Kier molecular flexibility index (Phi) is 5.05. The van der Waals surface area contributed by atoms with E-state index in [0.29, 0.717) is 6.04 Å². The van der Waals surface area contributed by atoms with Gasteiger partial charge in [0.2, 0.25) is 0 Å². The van der Waals surface area contributed by atoms with Gasteiger partial charge in [-0.3, -0.25) is 4.79 Å². The normalized spacial score (nSPS) is 17.4. The van der Waals surface area contributed by atoms with Gasteiger partial charge < -0.3 is 15.5 Å². The van der Waals surface area contributed by atoms with E-state index >= 15 is 0 Å². The van der Waals surface area contributed by atoms with Crippen LogP contribution in [0.4, 0.5) is 5.69 Å². The monoisotopic (exact) mass is 295 g/mol. The maximum atomic E-state index is 12.5. The number of hydrogen-bond donors (Lipinski definition) is 1. The summed E-state index contributed by atoms with van der Waals surface area (Å²) in [5, 5.41) is 0. The van der Waals surface area contributed by atoms with Gasteiger partial charge in [0, 0.05) is 36.7 Å². The molecule has 0 saturated carbocycles. The van der Waals surface area contributed by atoms with Crippen LogP contribution in [0.15, 0.2) is 6.07 Å². The molecule has 4 nitrogen and oxygen atoms in total. The molecule has 1 aromatic heterocycles. The van der Waals surface area contributed by atoms with Crippen molar-refractivity contribution in [2.24, 2.45) is 0 Å². The number of thiophene rings is 1. The average Bonchev–Trinajstić information content (AvgIpc) is 2.78. The molecule has 5 heteroatoms. The Balaban J connectivity index is 1.94. The minimum Gasteiger partial charge on any atom is -0.398 e. The van der Waals surface area contributed by atoms with Gasteiger partial charge in [0.25, 0.3) is 5.91 Å². The SMILES string of the molecule is CCCN1CCC(N(C)C(=O)c2cc(N)c(C)s2)CC1. The molecule has 0 radical (unpaired) electrons. The number of carbonyl (C=O) groups is 1. The number of nitrogens with zero attached hydrogens (tertiary/aromatic N) is 2. The van der Waals surface area contributed by atoms with Crippen LogP contribution in [0.5, 0.6) is 0 Å². The van der Waals surface area contributed by atoms with Crippen molar-refractivity contribution in [3.05, 3.63) is 15.8 Å². The molecule has 1 aliphatic rings. The molecular formula is C15H25N3OS. The molecule has 2 rings (SSSR count). The summed E-state index contributed by atoms with van der Waals surface area (Å²) in [6.45, 7) is 7.54. The highest BCUT2D eigenvalue weighted by Gasteiger charge is 2.26. The minimum absolute atomic E-state index is 0.115. The highest BCUT2D eigenvalue weighted by Crippen LogP contribution is 2.26. The molecule has 1 saturated heterocycles. The molecule has 1 amide bonds. The number of aryl methyl sites for hydroxylation is 1. The number of hydrogen-bond acceptors (Lipinski definition) is 4. The lowest BCUT2D eigenvalue weighted by Crippen LogP contribution is -2.45. The Labute approximate surface area is 125 Å². The quantitative estimate of drug-likeness (QED) is 0.929. The van der Waals surface area contributed by atoms with Crippen molar-refractivity contribution in [2.45, 2.75) is 39.2 Å². The second-order valence-corrected chi connectivity index (χ2v) is 6.87. The Morgan fingerprint density at radius 1 is 1.50 bits per heavy atom. The average molecular weight is 295 g/mol. The second kappa shape index (κ2) is 6.59. The van der Waals surface area contributed by atoms with E-state index in [0.717, 1.165) is 41.4 Å². The number of anilines is 1. The largest absolute Gasteiger partial charge is 0.398 e. The van der Waals surface area contributed by atoms with E-state index in [2.05, 4.69) is 11.8 Å². The third-order valence-corrected chi connectivity index (χ3v) is 5.19. The number of nitrogens with two attached hydrogens (primary N) is 1. The molecule has 0 aliphatic carbocycles. The van der Waals surface area contributed by atoms with Crippen LogP contribution in [-0.2, 0) is 0 Å². The van der Waals surface area contributed by atoms with Crippen LogP contribution in [0.25, 0.3) is 0 Å². The van der Waals surface area contributed by atoms with E-state index in [1.807, 2.05) is 24.9 Å². The van der Waals surface area contributed by atoms with Crippen molar-refractivity contribution in [3.63, 3.8) is 0 Å². The van der Waals surface area contributed by atoms with Gasteiger partial charge in [-0.25, -0.2) is 0 Å². The van der Waals surface area contributed by atoms with Gasteiger partial charge in [-0.15, -0.1) is 11.3 Å². The van der Waals surface area contributed by atoms with E-state index in [1.54, 1.807) is 0 Å². The predicted octanol–water partition coefficient (Wildman–Crippen LogP) is 2.59. The van der Waals surface area contributed by atoms with Crippen molar-refractivity contribution in [3.8, 4) is 0 Å². The maximum absolute atomic E-state index is 12.5. The fourth-order valence-electron chi connectivity index (χ4n) is 2.79. The topological polar surface area (TPSA) is 49.6 Å². The lowest BCUT2D eigenvalue weighted by atomic mass is 10.0. The summed E-state index contributed by atoms with van der Waals surface area (Å²) >= 11 is 1.50. The molecule has 112 valence electrons. The van der Waals surface area contributed by atoms with Crippen molar-refractivity contribution in [2.75, 3.05) is 32.4 Å². The summed E-state index contributed by atoms with van der Waals surface area (Å²) in [6.07, 6.45) is 3.34. The molecular weight excluding hydrogens is 270 g/mol. The first-order valence-corrected chi connectivity index (χ1v) is 8.20. The summed E-state index contributed by atoms with van der Waals surface area (Å²) < 4.78 is 0. The van der Waals surface area contributed by atoms with Gasteiger partial charge in [0.05, 0.1) is 4.88 Å². The molecule has 20 heavy (non-hydrogen) atoms. The molecule has 0 atom stereocenters. The van der Waals surface area contributed by atoms with Crippen molar-refractivity contribution >= 4 is 22.9 Å². The number of likely N-dealkylation sites (tertiary alicyclic amines) is 1. The number of rotatable bonds is 4. The van der Waals surface area contributed by atoms with Gasteiger partial charge in [-0.1, -0.05) is 6.92 Å². The predicted molar refractivity (Wildman–Crippen MR) is 85.3 cm³/mol. The first kappa shape index (κ1) is 15.3. The van der Waals surface area contributed by atoms with Crippen LogP contribution in [0, 0.1) is 6.92 Å². The van der Waals surface area contributed by atoms with E-state index in [4.69, 9.17) is 5.73 Å². The van der Waals surface area contributed by atoms with Crippen LogP contribution < -0.4 is 5.73 Å². The van der Waals surface area contributed by atoms with Crippen LogP contribution in [-0.4, -0.2) is 48.4 Å². The molecule has 0 aromatic carbocycles. The molecule has 1 aromatic rings. The third kappa shape index (κ3) is 3.33. The van der Waals surface area contributed by atoms with Crippen LogP contribution in [0.3, 0.4) is 0 Å². The summed E-state index contributed by atoms with van der Waals surface area (Å²) in [7, 11) is 1.92. The van der Waals surface area contributed by atoms with E-state index in [1.165, 1.54) is 24.3 Å². The number of amides is 1. The Morgan fingerprint density at radius 2 is 2.15 bits per heavy atom. The number of nitrogen functional groups attached to an aromatic ring is 1. The second-order valence-electron chi connectivity index (χ2n) is 5.61. The first-order chi connectivity index (χ1) is 9.52. The van der Waals surface area contributed by atoms with E-state index in [-0.39, 0.29) is 5.91 Å².